The largest absolute Gasteiger partial charge is 0.481 e. The van der Waals surface area contributed by atoms with Crippen LogP contribution in [0.4, 0.5) is 8.78 Å². The summed E-state index contributed by atoms with van der Waals surface area (Å²) >= 11 is 0. The molecule has 0 radical (unpaired) electrons. The smallest absolute Gasteiger partial charge is 0.218 e. The van der Waals surface area contributed by atoms with Crippen molar-refractivity contribution in [1.29, 1.82) is 0 Å². The van der Waals surface area contributed by atoms with E-state index in [1.165, 1.54) is 19.2 Å². The van der Waals surface area contributed by atoms with E-state index in [2.05, 4.69) is 4.98 Å². The van der Waals surface area contributed by atoms with Gasteiger partial charge in [-0.1, -0.05) is 6.07 Å². The van der Waals surface area contributed by atoms with Gasteiger partial charge in [-0.15, -0.1) is 0 Å². The minimum atomic E-state index is -0.696. The second kappa shape index (κ2) is 5.10. The molecule has 5 heteroatoms. The Kier molecular flexibility index (Phi) is 3.53. The van der Waals surface area contributed by atoms with E-state index in [-0.39, 0.29) is 0 Å². The van der Waals surface area contributed by atoms with E-state index in [1.54, 1.807) is 18.3 Å². The maximum absolute atomic E-state index is 13.1. The summed E-state index contributed by atoms with van der Waals surface area (Å²) in [5, 5.41) is 0. The van der Waals surface area contributed by atoms with Gasteiger partial charge in [-0.3, -0.25) is 0 Å². The van der Waals surface area contributed by atoms with Crippen LogP contribution in [0, 0.1) is 11.6 Å². The van der Waals surface area contributed by atoms with Gasteiger partial charge < -0.3 is 10.5 Å². The second-order valence-electron chi connectivity index (χ2n) is 3.78. The van der Waals surface area contributed by atoms with Crippen molar-refractivity contribution in [2.75, 3.05) is 7.11 Å². The summed E-state index contributed by atoms with van der Waals surface area (Å²) in [4.78, 5) is 4.00. The van der Waals surface area contributed by atoms with E-state index in [0.29, 0.717) is 17.0 Å². The van der Waals surface area contributed by atoms with Crippen molar-refractivity contribution >= 4 is 0 Å². The number of hydrogen-bond donors (Lipinski definition) is 1. The van der Waals surface area contributed by atoms with Crippen LogP contribution in [0.5, 0.6) is 5.88 Å². The first-order chi connectivity index (χ1) is 8.61. The third-order valence-corrected chi connectivity index (χ3v) is 2.57. The van der Waals surface area contributed by atoms with Gasteiger partial charge in [-0.2, -0.15) is 0 Å². The van der Waals surface area contributed by atoms with Gasteiger partial charge in [0, 0.05) is 17.8 Å². The summed E-state index contributed by atoms with van der Waals surface area (Å²) < 4.78 is 31.4. The number of nitrogens with zero attached hydrogens (tertiary/aromatic N) is 1. The first kappa shape index (κ1) is 12.4. The molecule has 0 bridgehead atoms. The highest BCUT2D eigenvalue weighted by Gasteiger charge is 2.16. The Bertz CT molecular complexity index is 540. The van der Waals surface area contributed by atoms with Crippen molar-refractivity contribution in [3.63, 3.8) is 0 Å². The molecule has 0 spiro atoms. The molecule has 0 saturated heterocycles. The van der Waals surface area contributed by atoms with Gasteiger partial charge in [-0.05, 0) is 23.8 Å². The molecule has 1 atom stereocenters. The van der Waals surface area contributed by atoms with Crippen molar-refractivity contribution in [3.8, 4) is 5.88 Å². The zero-order chi connectivity index (χ0) is 13.1. The summed E-state index contributed by atoms with van der Waals surface area (Å²) in [5.74, 6) is -0.985. The lowest BCUT2D eigenvalue weighted by Crippen LogP contribution is -2.14. The number of nitrogens with two attached hydrogens (primary N) is 1. The Morgan fingerprint density at radius 1 is 1.22 bits per heavy atom. The molecule has 0 amide bonds. The van der Waals surface area contributed by atoms with Crippen molar-refractivity contribution < 1.29 is 13.5 Å². The SMILES string of the molecule is COc1ncccc1C(N)c1cc(F)cc(F)c1. The molecule has 1 heterocycles. The predicted octanol–water partition coefficient (Wildman–Crippen LogP) is 2.42. The molecule has 2 rings (SSSR count). The molecule has 1 aromatic heterocycles. The standard InChI is InChI=1S/C13H12F2N2O/c1-18-13-11(3-2-4-17-13)12(16)8-5-9(14)7-10(15)6-8/h2-7,12H,16H2,1H3. The van der Waals surface area contributed by atoms with E-state index in [0.717, 1.165) is 6.07 Å². The molecule has 0 aliphatic heterocycles. The van der Waals surface area contributed by atoms with Crippen LogP contribution in [0.3, 0.4) is 0 Å². The lowest BCUT2D eigenvalue weighted by atomic mass is 10.0. The summed E-state index contributed by atoms with van der Waals surface area (Å²) in [6.45, 7) is 0. The monoisotopic (exact) mass is 250 g/mol. The van der Waals surface area contributed by atoms with Crippen molar-refractivity contribution in [2.45, 2.75) is 6.04 Å². The second-order valence-corrected chi connectivity index (χ2v) is 3.78. The maximum atomic E-state index is 13.1. The maximum Gasteiger partial charge on any atom is 0.218 e. The molecule has 1 unspecified atom stereocenters. The molecule has 1 aromatic carbocycles. The van der Waals surface area contributed by atoms with Gasteiger partial charge in [0.1, 0.15) is 11.6 Å². The van der Waals surface area contributed by atoms with Crippen molar-refractivity contribution in [3.05, 3.63) is 59.3 Å². The summed E-state index contributed by atoms with van der Waals surface area (Å²) in [6.07, 6.45) is 1.56. The number of pyridine rings is 1. The summed E-state index contributed by atoms with van der Waals surface area (Å²) in [6, 6.07) is 5.89. The minimum absolute atomic E-state index is 0.332. The lowest BCUT2D eigenvalue weighted by molar-refractivity contribution is 0.390. The van der Waals surface area contributed by atoms with E-state index >= 15 is 0 Å². The van der Waals surface area contributed by atoms with E-state index in [4.69, 9.17) is 10.5 Å². The molecule has 2 N–H and O–H groups in total. The van der Waals surface area contributed by atoms with E-state index < -0.39 is 17.7 Å². The zero-order valence-corrected chi connectivity index (χ0v) is 9.73. The molecular weight excluding hydrogens is 238 g/mol. The molecule has 18 heavy (non-hydrogen) atoms. The fourth-order valence-electron chi connectivity index (χ4n) is 1.74. The third-order valence-electron chi connectivity index (χ3n) is 2.57. The number of aromatic nitrogens is 1. The highest BCUT2D eigenvalue weighted by atomic mass is 19.1. The predicted molar refractivity (Wildman–Crippen MR) is 63.2 cm³/mol. The van der Waals surface area contributed by atoms with Crippen molar-refractivity contribution in [1.82, 2.24) is 4.98 Å². The molecule has 0 aliphatic rings. The quantitative estimate of drug-likeness (QED) is 0.910. The number of rotatable bonds is 3. The van der Waals surface area contributed by atoms with Gasteiger partial charge in [0.05, 0.1) is 13.2 Å². The fourth-order valence-corrected chi connectivity index (χ4v) is 1.74. The molecule has 2 aromatic rings. The number of halogens is 2. The Morgan fingerprint density at radius 3 is 2.50 bits per heavy atom. The highest BCUT2D eigenvalue weighted by molar-refractivity contribution is 5.37. The number of methoxy groups -OCH3 is 1. The number of benzene rings is 1. The normalized spacial score (nSPS) is 12.2. The average molecular weight is 250 g/mol. The molecule has 0 saturated carbocycles. The molecule has 94 valence electrons. The van der Waals surface area contributed by atoms with Gasteiger partial charge >= 0.3 is 0 Å². The van der Waals surface area contributed by atoms with E-state index in [9.17, 15) is 8.78 Å². The first-order valence-corrected chi connectivity index (χ1v) is 5.32. The van der Waals surface area contributed by atoms with Crippen molar-refractivity contribution in [2.24, 2.45) is 5.73 Å². The Balaban J connectivity index is 2.44. The lowest BCUT2D eigenvalue weighted by Gasteiger charge is -2.15. The summed E-state index contributed by atoms with van der Waals surface area (Å²) in [5.41, 5.74) is 6.88. The van der Waals surface area contributed by atoms with Gasteiger partial charge in [-0.25, -0.2) is 13.8 Å². The first-order valence-electron chi connectivity index (χ1n) is 5.32. The molecule has 3 nitrogen and oxygen atoms in total. The average Bonchev–Trinajstić information content (AvgIpc) is 2.36. The van der Waals surface area contributed by atoms with Crippen LogP contribution >= 0.6 is 0 Å². The fraction of sp³-hybridized carbons (Fsp3) is 0.154. The number of hydrogen-bond acceptors (Lipinski definition) is 3. The molecule has 0 fully saturated rings. The minimum Gasteiger partial charge on any atom is -0.481 e. The Labute approximate surface area is 103 Å². The van der Waals surface area contributed by atoms with E-state index in [1.807, 2.05) is 0 Å². The Morgan fingerprint density at radius 2 is 1.89 bits per heavy atom. The van der Waals surface area contributed by atoms with Gasteiger partial charge in [0.15, 0.2) is 0 Å². The molecular formula is C13H12F2N2O. The van der Waals surface area contributed by atoms with Crippen LogP contribution in [-0.4, -0.2) is 12.1 Å². The highest BCUT2D eigenvalue weighted by Crippen LogP contribution is 2.26. The summed E-state index contributed by atoms with van der Waals surface area (Å²) in [7, 11) is 1.46. The topological polar surface area (TPSA) is 48.1 Å². The third kappa shape index (κ3) is 2.46. The van der Waals surface area contributed by atoms with Crippen LogP contribution in [0.2, 0.25) is 0 Å². The zero-order valence-electron chi connectivity index (χ0n) is 9.73. The van der Waals surface area contributed by atoms with Gasteiger partial charge in [0.25, 0.3) is 0 Å². The van der Waals surface area contributed by atoms with Crippen LogP contribution in [0.25, 0.3) is 0 Å². The molecule has 0 aliphatic carbocycles. The van der Waals surface area contributed by atoms with Gasteiger partial charge in [0.2, 0.25) is 5.88 Å². The number of ether oxygens (including phenoxy) is 1. The van der Waals surface area contributed by atoms with Crippen LogP contribution in [-0.2, 0) is 0 Å². The van der Waals surface area contributed by atoms with Crippen LogP contribution < -0.4 is 10.5 Å². The van der Waals surface area contributed by atoms with Crippen LogP contribution in [0.1, 0.15) is 17.2 Å². The van der Waals surface area contributed by atoms with Crippen LogP contribution in [0.15, 0.2) is 36.5 Å². The Hall–Kier alpha value is -2.01.